The van der Waals surface area contributed by atoms with Crippen molar-refractivity contribution in [3.8, 4) is 0 Å². The summed E-state index contributed by atoms with van der Waals surface area (Å²) in [7, 11) is 1.60. The quantitative estimate of drug-likeness (QED) is 0.582. The molecule has 0 saturated carbocycles. The van der Waals surface area contributed by atoms with Crippen molar-refractivity contribution >= 4 is 5.91 Å². The zero-order chi connectivity index (χ0) is 11.5. The highest BCUT2D eigenvalue weighted by Gasteiger charge is 2.01. The molecule has 0 heterocycles. The number of methoxy groups -OCH3 is 1. The van der Waals surface area contributed by atoms with Gasteiger partial charge < -0.3 is 15.0 Å². The van der Waals surface area contributed by atoms with Crippen LogP contribution in [-0.2, 0) is 9.53 Å². The molecule has 0 fully saturated rings. The van der Waals surface area contributed by atoms with Gasteiger partial charge in [0, 0.05) is 20.1 Å². The molecule has 0 saturated heterocycles. The van der Waals surface area contributed by atoms with E-state index < -0.39 is 0 Å². The Morgan fingerprint density at radius 1 is 1.33 bits per heavy atom. The molecule has 1 amide bonds. The van der Waals surface area contributed by atoms with E-state index >= 15 is 0 Å². The summed E-state index contributed by atoms with van der Waals surface area (Å²) in [6, 6.07) is 0. The summed E-state index contributed by atoms with van der Waals surface area (Å²) in [6.07, 6.45) is 1.47. The van der Waals surface area contributed by atoms with Crippen LogP contribution in [0.4, 0.5) is 0 Å². The minimum absolute atomic E-state index is 0.0800. The Bertz CT molecular complexity index is 159. The molecule has 0 aromatic rings. The van der Waals surface area contributed by atoms with Crippen LogP contribution in [0.5, 0.6) is 0 Å². The number of nitrogens with one attached hydrogen (secondary N) is 1. The second kappa shape index (κ2) is 9.93. The van der Waals surface area contributed by atoms with Crippen LogP contribution in [0.25, 0.3) is 0 Å². The SMILES string of the molecule is CCN(CC)CCCNC(=O)CCOC. The summed E-state index contributed by atoms with van der Waals surface area (Å²) in [5.41, 5.74) is 0. The van der Waals surface area contributed by atoms with Crippen molar-refractivity contribution in [3.63, 3.8) is 0 Å². The molecule has 4 nitrogen and oxygen atoms in total. The first kappa shape index (κ1) is 14.4. The van der Waals surface area contributed by atoms with Gasteiger partial charge in [0.25, 0.3) is 0 Å². The van der Waals surface area contributed by atoms with Crippen LogP contribution in [0.3, 0.4) is 0 Å². The van der Waals surface area contributed by atoms with Gasteiger partial charge in [0.15, 0.2) is 0 Å². The third-order valence-electron chi connectivity index (χ3n) is 2.40. The maximum atomic E-state index is 11.2. The number of ether oxygens (including phenoxy) is 1. The van der Waals surface area contributed by atoms with E-state index in [1.807, 2.05) is 0 Å². The van der Waals surface area contributed by atoms with Gasteiger partial charge in [0.05, 0.1) is 6.61 Å². The first-order valence-corrected chi connectivity index (χ1v) is 5.72. The zero-order valence-corrected chi connectivity index (χ0v) is 10.2. The number of carbonyl (C=O) groups excluding carboxylic acids is 1. The molecule has 90 valence electrons. The van der Waals surface area contributed by atoms with Gasteiger partial charge in [-0.15, -0.1) is 0 Å². The van der Waals surface area contributed by atoms with E-state index in [-0.39, 0.29) is 5.91 Å². The van der Waals surface area contributed by atoms with Crippen LogP contribution in [-0.4, -0.2) is 50.7 Å². The number of amides is 1. The van der Waals surface area contributed by atoms with Gasteiger partial charge in [-0.25, -0.2) is 0 Å². The molecule has 0 aliphatic heterocycles. The fraction of sp³-hybridized carbons (Fsp3) is 0.909. The van der Waals surface area contributed by atoms with Gasteiger partial charge in [-0.1, -0.05) is 13.8 Å². The molecule has 4 heteroatoms. The highest BCUT2D eigenvalue weighted by molar-refractivity contribution is 5.75. The fourth-order valence-corrected chi connectivity index (χ4v) is 1.35. The van der Waals surface area contributed by atoms with Gasteiger partial charge in [-0.3, -0.25) is 4.79 Å². The van der Waals surface area contributed by atoms with Crippen molar-refractivity contribution in [2.45, 2.75) is 26.7 Å². The number of carbonyl (C=O) groups is 1. The normalized spacial score (nSPS) is 10.7. The van der Waals surface area contributed by atoms with Crippen molar-refractivity contribution in [3.05, 3.63) is 0 Å². The van der Waals surface area contributed by atoms with Crippen LogP contribution in [0.2, 0.25) is 0 Å². The number of hydrogen-bond donors (Lipinski definition) is 1. The Kier molecular flexibility index (Phi) is 9.52. The van der Waals surface area contributed by atoms with Crippen LogP contribution in [0.15, 0.2) is 0 Å². The van der Waals surface area contributed by atoms with Crippen LogP contribution >= 0.6 is 0 Å². The lowest BCUT2D eigenvalue weighted by Gasteiger charge is -2.17. The van der Waals surface area contributed by atoms with Crippen molar-refractivity contribution < 1.29 is 9.53 Å². The van der Waals surface area contributed by atoms with Gasteiger partial charge in [-0.05, 0) is 26.1 Å². The molecule has 0 aliphatic rings. The molecule has 0 rings (SSSR count). The molecule has 0 aromatic carbocycles. The molecule has 0 atom stereocenters. The molecule has 1 N–H and O–H groups in total. The predicted octanol–water partition coefficient (Wildman–Crippen LogP) is 0.871. The highest BCUT2D eigenvalue weighted by atomic mass is 16.5. The largest absolute Gasteiger partial charge is 0.384 e. The molecular weight excluding hydrogens is 192 g/mol. The van der Waals surface area contributed by atoms with Crippen molar-refractivity contribution in [1.29, 1.82) is 0 Å². The summed E-state index contributed by atoms with van der Waals surface area (Å²) in [6.45, 7) is 8.78. The Hall–Kier alpha value is -0.610. The smallest absolute Gasteiger partial charge is 0.222 e. The number of hydrogen-bond acceptors (Lipinski definition) is 3. The molecule has 0 unspecified atom stereocenters. The molecule has 15 heavy (non-hydrogen) atoms. The summed E-state index contributed by atoms with van der Waals surface area (Å²) >= 11 is 0. The molecule has 0 aromatic heterocycles. The molecular formula is C11H24N2O2. The number of rotatable bonds is 9. The summed E-state index contributed by atoms with van der Waals surface area (Å²) in [5, 5.41) is 2.88. The maximum absolute atomic E-state index is 11.2. The van der Waals surface area contributed by atoms with Gasteiger partial charge in [0.2, 0.25) is 5.91 Å². The van der Waals surface area contributed by atoms with E-state index in [2.05, 4.69) is 24.1 Å². The summed E-state index contributed by atoms with van der Waals surface area (Å²) in [4.78, 5) is 13.5. The van der Waals surface area contributed by atoms with Crippen LogP contribution in [0, 0.1) is 0 Å². The third-order valence-corrected chi connectivity index (χ3v) is 2.40. The first-order valence-electron chi connectivity index (χ1n) is 5.72. The first-order chi connectivity index (χ1) is 7.24. The average Bonchev–Trinajstić information content (AvgIpc) is 2.26. The van der Waals surface area contributed by atoms with E-state index in [1.54, 1.807) is 7.11 Å². The van der Waals surface area contributed by atoms with E-state index in [9.17, 15) is 4.79 Å². The van der Waals surface area contributed by atoms with Gasteiger partial charge in [0.1, 0.15) is 0 Å². The summed E-state index contributed by atoms with van der Waals surface area (Å²) < 4.78 is 4.82. The lowest BCUT2D eigenvalue weighted by atomic mass is 10.3. The lowest BCUT2D eigenvalue weighted by molar-refractivity contribution is -0.121. The van der Waals surface area contributed by atoms with E-state index in [1.165, 1.54) is 0 Å². The molecule has 0 aliphatic carbocycles. The minimum Gasteiger partial charge on any atom is -0.384 e. The van der Waals surface area contributed by atoms with Gasteiger partial charge >= 0.3 is 0 Å². The van der Waals surface area contributed by atoms with Crippen LogP contribution < -0.4 is 5.32 Å². The maximum Gasteiger partial charge on any atom is 0.222 e. The third kappa shape index (κ3) is 8.39. The fourth-order valence-electron chi connectivity index (χ4n) is 1.35. The standard InChI is InChI=1S/C11H24N2O2/c1-4-13(5-2)9-6-8-12-11(14)7-10-15-3/h4-10H2,1-3H3,(H,12,14). The average molecular weight is 216 g/mol. The van der Waals surface area contributed by atoms with E-state index in [0.29, 0.717) is 13.0 Å². The topological polar surface area (TPSA) is 41.6 Å². The zero-order valence-electron chi connectivity index (χ0n) is 10.2. The van der Waals surface area contributed by atoms with Gasteiger partial charge in [-0.2, -0.15) is 0 Å². The Morgan fingerprint density at radius 3 is 2.53 bits per heavy atom. The Labute approximate surface area is 93.0 Å². The molecule has 0 bridgehead atoms. The minimum atomic E-state index is 0.0800. The predicted molar refractivity (Wildman–Crippen MR) is 61.9 cm³/mol. The summed E-state index contributed by atoms with van der Waals surface area (Å²) in [5.74, 6) is 0.0800. The number of nitrogens with zero attached hydrogens (tertiary/aromatic N) is 1. The monoisotopic (exact) mass is 216 g/mol. The van der Waals surface area contributed by atoms with E-state index in [4.69, 9.17) is 4.74 Å². The molecule has 0 spiro atoms. The highest BCUT2D eigenvalue weighted by Crippen LogP contribution is 1.89. The second-order valence-corrected chi connectivity index (χ2v) is 3.47. The second-order valence-electron chi connectivity index (χ2n) is 3.47. The van der Waals surface area contributed by atoms with Crippen LogP contribution in [0.1, 0.15) is 26.7 Å². The molecule has 0 radical (unpaired) electrons. The lowest BCUT2D eigenvalue weighted by Crippen LogP contribution is -2.30. The van der Waals surface area contributed by atoms with Crippen molar-refractivity contribution in [1.82, 2.24) is 10.2 Å². The van der Waals surface area contributed by atoms with Crippen molar-refractivity contribution in [2.24, 2.45) is 0 Å². The Morgan fingerprint density at radius 2 is 2.00 bits per heavy atom. The van der Waals surface area contributed by atoms with Crippen molar-refractivity contribution in [2.75, 3.05) is 39.9 Å². The van der Waals surface area contributed by atoms with E-state index in [0.717, 1.165) is 32.6 Å². The Balaban J connectivity index is 3.33.